The second kappa shape index (κ2) is 5.25. The van der Waals surface area contributed by atoms with Crippen molar-refractivity contribution in [3.8, 4) is 0 Å². The fourth-order valence-electron chi connectivity index (χ4n) is 3.01. The molecule has 17 heavy (non-hydrogen) atoms. The third-order valence-electron chi connectivity index (χ3n) is 4.96. The largest absolute Gasteiger partial charge is 0.360 e. The van der Waals surface area contributed by atoms with Crippen LogP contribution in [0.5, 0.6) is 0 Å². The van der Waals surface area contributed by atoms with Gasteiger partial charge in [-0.2, -0.15) is 0 Å². The maximum atomic E-state index is 6.29. The Morgan fingerprint density at radius 2 is 1.94 bits per heavy atom. The molecule has 2 aliphatic rings. The molecule has 2 aliphatic heterocycles. The molecule has 3 nitrogen and oxygen atoms in total. The lowest BCUT2D eigenvalue weighted by molar-refractivity contribution is -0.153. The highest BCUT2D eigenvalue weighted by atomic mass is 16.5. The van der Waals surface area contributed by atoms with Crippen molar-refractivity contribution >= 4 is 0 Å². The van der Waals surface area contributed by atoms with Crippen LogP contribution in [0.2, 0.25) is 0 Å². The number of hydrogen-bond acceptors (Lipinski definition) is 3. The summed E-state index contributed by atoms with van der Waals surface area (Å²) in [4.78, 5) is 2.42. The lowest BCUT2D eigenvalue weighted by atomic mass is 9.81. The van der Waals surface area contributed by atoms with Gasteiger partial charge in [0.1, 0.15) is 5.72 Å². The molecule has 1 spiro atoms. The van der Waals surface area contributed by atoms with E-state index in [0.717, 1.165) is 26.1 Å². The van der Waals surface area contributed by atoms with Crippen LogP contribution in [0, 0.1) is 5.41 Å². The van der Waals surface area contributed by atoms with Gasteiger partial charge in [-0.05, 0) is 39.3 Å². The predicted octanol–water partition coefficient (Wildman–Crippen LogP) is 2.22. The van der Waals surface area contributed by atoms with Crippen LogP contribution in [-0.4, -0.2) is 43.9 Å². The second-order valence-electron chi connectivity index (χ2n) is 6.00. The molecule has 0 radical (unpaired) electrons. The molecule has 1 unspecified atom stereocenters. The van der Waals surface area contributed by atoms with Gasteiger partial charge >= 0.3 is 0 Å². The van der Waals surface area contributed by atoms with Crippen molar-refractivity contribution in [2.24, 2.45) is 5.41 Å². The normalized spacial score (nSPS) is 34.8. The molecular formula is C14H28N2O. The molecule has 1 N–H and O–H groups in total. The molecule has 2 saturated heterocycles. The summed E-state index contributed by atoms with van der Waals surface area (Å²) in [6.45, 7) is 9.00. The molecule has 0 aromatic heterocycles. The fourth-order valence-corrected chi connectivity index (χ4v) is 3.01. The van der Waals surface area contributed by atoms with Crippen LogP contribution < -0.4 is 5.32 Å². The second-order valence-corrected chi connectivity index (χ2v) is 6.00. The minimum Gasteiger partial charge on any atom is -0.360 e. The number of hydrogen-bond donors (Lipinski definition) is 1. The molecular weight excluding hydrogens is 212 g/mol. The first-order chi connectivity index (χ1) is 8.14. The van der Waals surface area contributed by atoms with Gasteiger partial charge in [0.05, 0.1) is 6.61 Å². The minimum absolute atomic E-state index is 0.0153. The first-order valence-electron chi connectivity index (χ1n) is 7.21. The summed E-state index contributed by atoms with van der Waals surface area (Å²) in [6.07, 6.45) is 5.97. The maximum absolute atomic E-state index is 6.29. The molecule has 2 heterocycles. The van der Waals surface area contributed by atoms with E-state index in [4.69, 9.17) is 4.74 Å². The topological polar surface area (TPSA) is 24.5 Å². The first kappa shape index (κ1) is 13.3. The Labute approximate surface area is 106 Å². The van der Waals surface area contributed by atoms with Gasteiger partial charge < -0.3 is 9.64 Å². The number of likely N-dealkylation sites (tertiary alicyclic amines) is 1. The van der Waals surface area contributed by atoms with Crippen molar-refractivity contribution in [2.75, 3.05) is 33.3 Å². The van der Waals surface area contributed by atoms with Crippen LogP contribution >= 0.6 is 0 Å². The quantitative estimate of drug-likeness (QED) is 0.801. The van der Waals surface area contributed by atoms with E-state index >= 15 is 0 Å². The van der Waals surface area contributed by atoms with Gasteiger partial charge in [-0.1, -0.05) is 13.8 Å². The van der Waals surface area contributed by atoms with Crippen LogP contribution in [0.3, 0.4) is 0 Å². The fraction of sp³-hybridized carbons (Fsp3) is 1.00. The average molecular weight is 240 g/mol. The van der Waals surface area contributed by atoms with Crippen molar-refractivity contribution in [3.05, 3.63) is 0 Å². The van der Waals surface area contributed by atoms with Crippen molar-refractivity contribution in [3.63, 3.8) is 0 Å². The minimum atomic E-state index is -0.0153. The lowest BCUT2D eigenvalue weighted by Gasteiger charge is -2.47. The summed E-state index contributed by atoms with van der Waals surface area (Å²) < 4.78 is 6.29. The van der Waals surface area contributed by atoms with Crippen molar-refractivity contribution in [1.29, 1.82) is 0 Å². The molecule has 100 valence electrons. The molecule has 2 rings (SSSR count). The highest BCUT2D eigenvalue weighted by Gasteiger charge is 2.41. The first-order valence-corrected chi connectivity index (χ1v) is 7.21. The Balaban J connectivity index is 1.96. The Bertz CT molecular complexity index is 241. The van der Waals surface area contributed by atoms with E-state index in [-0.39, 0.29) is 5.72 Å². The zero-order chi connectivity index (χ0) is 12.4. The van der Waals surface area contributed by atoms with Crippen LogP contribution in [0.25, 0.3) is 0 Å². The molecule has 0 saturated carbocycles. The van der Waals surface area contributed by atoms with Crippen LogP contribution in [0.15, 0.2) is 0 Å². The van der Waals surface area contributed by atoms with E-state index in [1.54, 1.807) is 0 Å². The molecule has 2 fully saturated rings. The summed E-state index contributed by atoms with van der Waals surface area (Å²) >= 11 is 0. The van der Waals surface area contributed by atoms with Crippen molar-refractivity contribution < 1.29 is 4.74 Å². The number of nitrogens with one attached hydrogen (secondary N) is 1. The highest BCUT2D eigenvalue weighted by molar-refractivity contribution is 4.92. The molecule has 0 aromatic carbocycles. The van der Waals surface area contributed by atoms with E-state index in [1.807, 2.05) is 0 Å². The Morgan fingerprint density at radius 3 is 2.53 bits per heavy atom. The third-order valence-corrected chi connectivity index (χ3v) is 4.96. The highest BCUT2D eigenvalue weighted by Crippen LogP contribution is 2.35. The number of rotatable bonds is 2. The summed E-state index contributed by atoms with van der Waals surface area (Å²) in [7, 11) is 2.21. The van der Waals surface area contributed by atoms with Gasteiger partial charge in [-0.25, -0.2) is 0 Å². The van der Waals surface area contributed by atoms with Crippen LogP contribution in [-0.2, 0) is 4.74 Å². The van der Waals surface area contributed by atoms with Gasteiger partial charge in [0, 0.05) is 24.9 Å². The summed E-state index contributed by atoms with van der Waals surface area (Å²) in [5.74, 6) is 0. The van der Waals surface area contributed by atoms with E-state index in [0.29, 0.717) is 5.41 Å². The Morgan fingerprint density at radius 1 is 1.18 bits per heavy atom. The molecule has 0 aliphatic carbocycles. The summed E-state index contributed by atoms with van der Waals surface area (Å²) in [5, 5.41) is 3.74. The van der Waals surface area contributed by atoms with Crippen molar-refractivity contribution in [1.82, 2.24) is 10.2 Å². The van der Waals surface area contributed by atoms with Crippen LogP contribution in [0.1, 0.15) is 46.0 Å². The Kier molecular flexibility index (Phi) is 4.11. The van der Waals surface area contributed by atoms with Gasteiger partial charge in [0.15, 0.2) is 0 Å². The van der Waals surface area contributed by atoms with E-state index in [2.05, 4.69) is 31.1 Å². The standard InChI is InChI=1S/C14H28N2O/c1-4-13(5-2)11-15-14(17-12-13)7-6-9-16(3)10-8-14/h15H,4-12H2,1-3H3. The van der Waals surface area contributed by atoms with Gasteiger partial charge in [0.25, 0.3) is 0 Å². The Hall–Kier alpha value is -0.120. The van der Waals surface area contributed by atoms with E-state index in [1.165, 1.54) is 32.2 Å². The predicted molar refractivity (Wildman–Crippen MR) is 71.0 cm³/mol. The van der Waals surface area contributed by atoms with Crippen molar-refractivity contribution in [2.45, 2.75) is 51.7 Å². The van der Waals surface area contributed by atoms with Gasteiger partial charge in [-0.15, -0.1) is 0 Å². The van der Waals surface area contributed by atoms with E-state index in [9.17, 15) is 0 Å². The summed E-state index contributed by atoms with van der Waals surface area (Å²) in [5.41, 5.74) is 0.363. The van der Waals surface area contributed by atoms with Gasteiger partial charge in [-0.3, -0.25) is 5.32 Å². The molecule has 0 aromatic rings. The lowest BCUT2D eigenvalue weighted by Crippen LogP contribution is -2.59. The van der Waals surface area contributed by atoms with E-state index < -0.39 is 0 Å². The third kappa shape index (κ3) is 2.83. The average Bonchev–Trinajstić information content (AvgIpc) is 2.55. The molecule has 1 atom stereocenters. The zero-order valence-electron chi connectivity index (χ0n) is 11.7. The molecule has 0 bridgehead atoms. The van der Waals surface area contributed by atoms with Gasteiger partial charge in [0.2, 0.25) is 0 Å². The smallest absolute Gasteiger partial charge is 0.120 e. The molecule has 3 heteroatoms. The summed E-state index contributed by atoms with van der Waals surface area (Å²) in [6, 6.07) is 0. The van der Waals surface area contributed by atoms with Crippen LogP contribution in [0.4, 0.5) is 0 Å². The monoisotopic (exact) mass is 240 g/mol. The number of nitrogens with zero attached hydrogens (tertiary/aromatic N) is 1. The zero-order valence-corrected chi connectivity index (χ0v) is 11.7. The maximum Gasteiger partial charge on any atom is 0.120 e. The SMILES string of the molecule is CCC1(CC)CNC2(CCCN(C)CC2)OC1. The molecule has 0 amide bonds. The number of ether oxygens (including phenoxy) is 1.